The first-order valence-electron chi connectivity index (χ1n) is 5.83. The van der Waals surface area contributed by atoms with E-state index in [4.69, 9.17) is 5.73 Å². The number of thiophene rings is 1. The molecule has 1 aliphatic rings. The molecule has 0 aromatic carbocycles. The van der Waals surface area contributed by atoms with E-state index in [1.54, 1.807) is 0 Å². The van der Waals surface area contributed by atoms with Crippen LogP contribution in [-0.4, -0.2) is 24.5 Å². The first-order valence-corrected chi connectivity index (χ1v) is 6.71. The van der Waals surface area contributed by atoms with E-state index in [-0.39, 0.29) is 12.4 Å². The largest absolute Gasteiger partial charge is 0.330 e. The third-order valence-electron chi connectivity index (χ3n) is 3.24. The van der Waals surface area contributed by atoms with Crippen molar-refractivity contribution in [3.63, 3.8) is 0 Å². The summed E-state index contributed by atoms with van der Waals surface area (Å²) in [7, 11) is 0. The average Bonchev–Trinajstić information content (AvgIpc) is 2.74. The van der Waals surface area contributed by atoms with Gasteiger partial charge in [-0.05, 0) is 56.3 Å². The van der Waals surface area contributed by atoms with Gasteiger partial charge in [-0.15, -0.1) is 23.7 Å². The molecular weight excluding hydrogens is 240 g/mol. The molecule has 1 aromatic heterocycles. The van der Waals surface area contributed by atoms with E-state index in [9.17, 15) is 0 Å². The van der Waals surface area contributed by atoms with Crippen LogP contribution in [0, 0.1) is 5.92 Å². The van der Waals surface area contributed by atoms with Crippen molar-refractivity contribution in [2.24, 2.45) is 11.7 Å². The van der Waals surface area contributed by atoms with Crippen LogP contribution in [0.25, 0.3) is 0 Å². The van der Waals surface area contributed by atoms with E-state index in [0.29, 0.717) is 0 Å². The topological polar surface area (TPSA) is 29.3 Å². The quantitative estimate of drug-likeness (QED) is 0.902. The summed E-state index contributed by atoms with van der Waals surface area (Å²) in [5.41, 5.74) is 5.59. The highest BCUT2D eigenvalue weighted by Crippen LogP contribution is 2.22. The Morgan fingerprint density at radius 2 is 2.12 bits per heavy atom. The highest BCUT2D eigenvalue weighted by Gasteiger charge is 2.18. The summed E-state index contributed by atoms with van der Waals surface area (Å²) in [6.45, 7) is 4.51. The summed E-state index contributed by atoms with van der Waals surface area (Å²) in [5.74, 6) is 0.884. The molecule has 1 saturated heterocycles. The molecule has 0 bridgehead atoms. The Bertz CT molecular complexity index is 269. The number of halogens is 1. The van der Waals surface area contributed by atoms with Gasteiger partial charge in [0.15, 0.2) is 0 Å². The second-order valence-electron chi connectivity index (χ2n) is 4.38. The molecule has 2 heterocycles. The van der Waals surface area contributed by atoms with Gasteiger partial charge in [-0.25, -0.2) is 0 Å². The van der Waals surface area contributed by atoms with Crippen LogP contribution in [0.5, 0.6) is 0 Å². The maximum atomic E-state index is 5.59. The van der Waals surface area contributed by atoms with Crippen molar-refractivity contribution in [1.82, 2.24) is 4.90 Å². The van der Waals surface area contributed by atoms with Crippen LogP contribution in [0.1, 0.15) is 24.1 Å². The summed E-state index contributed by atoms with van der Waals surface area (Å²) in [4.78, 5) is 4.06. The Morgan fingerprint density at radius 1 is 1.38 bits per heavy atom. The van der Waals surface area contributed by atoms with Gasteiger partial charge < -0.3 is 5.73 Å². The highest BCUT2D eigenvalue weighted by molar-refractivity contribution is 7.09. The predicted molar refractivity (Wildman–Crippen MR) is 73.2 cm³/mol. The number of nitrogens with two attached hydrogens (primary N) is 1. The van der Waals surface area contributed by atoms with E-state index in [1.165, 1.54) is 37.2 Å². The molecule has 1 aliphatic heterocycles. The number of likely N-dealkylation sites (tertiary alicyclic amines) is 1. The monoisotopic (exact) mass is 260 g/mol. The summed E-state index contributed by atoms with van der Waals surface area (Å²) in [6.07, 6.45) is 3.89. The van der Waals surface area contributed by atoms with E-state index < -0.39 is 0 Å². The second kappa shape index (κ2) is 7.28. The van der Waals surface area contributed by atoms with Crippen LogP contribution in [0.15, 0.2) is 17.5 Å². The SMILES string of the molecule is Cl.NCCC1CCN(Cc2cccs2)CC1. The Morgan fingerprint density at radius 3 is 2.69 bits per heavy atom. The lowest BCUT2D eigenvalue weighted by Gasteiger charge is -2.31. The second-order valence-corrected chi connectivity index (χ2v) is 5.41. The van der Waals surface area contributed by atoms with Gasteiger partial charge >= 0.3 is 0 Å². The van der Waals surface area contributed by atoms with Crippen molar-refractivity contribution in [3.05, 3.63) is 22.4 Å². The van der Waals surface area contributed by atoms with Crippen molar-refractivity contribution in [2.75, 3.05) is 19.6 Å². The number of hydrogen-bond donors (Lipinski definition) is 1. The smallest absolute Gasteiger partial charge is 0.0327 e. The van der Waals surface area contributed by atoms with Crippen LogP contribution in [0.3, 0.4) is 0 Å². The molecule has 2 N–H and O–H groups in total. The third-order valence-corrected chi connectivity index (χ3v) is 4.10. The Balaban J connectivity index is 0.00000128. The standard InChI is InChI=1S/C12H20N2S.ClH/c13-6-3-11-4-7-14(8-5-11)10-12-2-1-9-15-12;/h1-2,9,11H,3-8,10,13H2;1H. The van der Waals surface area contributed by atoms with E-state index in [1.807, 2.05) is 11.3 Å². The lowest BCUT2D eigenvalue weighted by Crippen LogP contribution is -2.33. The normalized spacial score (nSPS) is 18.3. The van der Waals surface area contributed by atoms with E-state index in [2.05, 4.69) is 22.4 Å². The minimum Gasteiger partial charge on any atom is -0.330 e. The van der Waals surface area contributed by atoms with Crippen molar-refractivity contribution in [2.45, 2.75) is 25.8 Å². The molecular formula is C12H21ClN2S. The molecule has 92 valence electrons. The molecule has 0 atom stereocenters. The van der Waals surface area contributed by atoms with Crippen LogP contribution in [0.2, 0.25) is 0 Å². The molecule has 16 heavy (non-hydrogen) atoms. The maximum absolute atomic E-state index is 5.59. The minimum atomic E-state index is 0. The first kappa shape index (κ1) is 14.0. The van der Waals surface area contributed by atoms with Gasteiger partial charge in [0.25, 0.3) is 0 Å². The highest BCUT2D eigenvalue weighted by atomic mass is 35.5. The number of nitrogens with zero attached hydrogens (tertiary/aromatic N) is 1. The first-order chi connectivity index (χ1) is 7.38. The van der Waals surface area contributed by atoms with Gasteiger partial charge in [0.05, 0.1) is 0 Å². The number of piperidine rings is 1. The van der Waals surface area contributed by atoms with Crippen LogP contribution in [-0.2, 0) is 6.54 Å². The van der Waals surface area contributed by atoms with E-state index in [0.717, 1.165) is 19.0 Å². The molecule has 1 fully saturated rings. The van der Waals surface area contributed by atoms with E-state index >= 15 is 0 Å². The average molecular weight is 261 g/mol. The summed E-state index contributed by atoms with van der Waals surface area (Å²) in [6, 6.07) is 4.37. The van der Waals surface area contributed by atoms with Crippen molar-refractivity contribution in [1.29, 1.82) is 0 Å². The number of hydrogen-bond acceptors (Lipinski definition) is 3. The van der Waals surface area contributed by atoms with Gasteiger partial charge in [0.2, 0.25) is 0 Å². The van der Waals surface area contributed by atoms with Gasteiger partial charge in [-0.1, -0.05) is 6.07 Å². The van der Waals surface area contributed by atoms with Gasteiger partial charge in [-0.2, -0.15) is 0 Å². The lowest BCUT2D eigenvalue weighted by molar-refractivity contribution is 0.175. The van der Waals surface area contributed by atoms with Crippen molar-refractivity contribution >= 4 is 23.7 Å². The van der Waals surface area contributed by atoms with Crippen LogP contribution < -0.4 is 5.73 Å². The zero-order valence-electron chi connectivity index (χ0n) is 9.60. The molecule has 0 spiro atoms. The molecule has 1 aromatic rings. The molecule has 0 radical (unpaired) electrons. The fourth-order valence-electron chi connectivity index (χ4n) is 2.29. The fourth-order valence-corrected chi connectivity index (χ4v) is 3.04. The Labute approximate surface area is 108 Å². The maximum Gasteiger partial charge on any atom is 0.0327 e. The molecule has 2 nitrogen and oxygen atoms in total. The van der Waals surface area contributed by atoms with Gasteiger partial charge in [0, 0.05) is 11.4 Å². The minimum absolute atomic E-state index is 0. The summed E-state index contributed by atoms with van der Waals surface area (Å²) < 4.78 is 0. The third kappa shape index (κ3) is 4.06. The zero-order valence-corrected chi connectivity index (χ0v) is 11.2. The summed E-state index contributed by atoms with van der Waals surface area (Å²) in [5, 5.41) is 2.16. The molecule has 0 aliphatic carbocycles. The van der Waals surface area contributed by atoms with Gasteiger partial charge in [0.1, 0.15) is 0 Å². The lowest BCUT2D eigenvalue weighted by atomic mass is 9.94. The molecule has 0 saturated carbocycles. The molecule has 0 unspecified atom stereocenters. The Hall–Kier alpha value is -0.0900. The molecule has 4 heteroatoms. The van der Waals surface area contributed by atoms with Crippen molar-refractivity contribution < 1.29 is 0 Å². The molecule has 0 amide bonds. The number of rotatable bonds is 4. The van der Waals surface area contributed by atoms with Crippen LogP contribution >= 0.6 is 23.7 Å². The molecule has 2 rings (SSSR count). The fraction of sp³-hybridized carbons (Fsp3) is 0.667. The van der Waals surface area contributed by atoms with Crippen LogP contribution in [0.4, 0.5) is 0 Å². The zero-order chi connectivity index (χ0) is 10.5. The van der Waals surface area contributed by atoms with Gasteiger partial charge in [-0.3, -0.25) is 4.90 Å². The summed E-state index contributed by atoms with van der Waals surface area (Å²) >= 11 is 1.87. The predicted octanol–water partition coefficient (Wildman–Crippen LogP) is 2.73. The van der Waals surface area contributed by atoms with Crippen molar-refractivity contribution in [3.8, 4) is 0 Å². The Kier molecular flexibility index (Phi) is 6.36.